The molecule has 228 valence electrons. The molecule has 0 aliphatic heterocycles. The summed E-state index contributed by atoms with van der Waals surface area (Å²) >= 11 is 0. The molecule has 0 spiro atoms. The average Bonchev–Trinajstić information content (AvgIpc) is 3.74. The maximum absolute atomic E-state index is 14.0. The molecule has 2 aromatic carbocycles. The van der Waals surface area contributed by atoms with Crippen molar-refractivity contribution in [1.29, 1.82) is 0 Å². The van der Waals surface area contributed by atoms with E-state index < -0.39 is 26.2 Å². The Kier molecular flexibility index (Phi) is 7.85. The summed E-state index contributed by atoms with van der Waals surface area (Å²) in [5.74, 6) is 0.300. The number of nitrogens with zero attached hydrogens (tertiary/aromatic N) is 3. The van der Waals surface area contributed by atoms with Gasteiger partial charge in [-0.15, -0.1) is 0 Å². The van der Waals surface area contributed by atoms with E-state index in [-0.39, 0.29) is 34.2 Å². The predicted molar refractivity (Wildman–Crippen MR) is 162 cm³/mol. The van der Waals surface area contributed by atoms with Crippen LogP contribution in [0.15, 0.2) is 75.4 Å². The summed E-state index contributed by atoms with van der Waals surface area (Å²) in [7, 11) is -1.63. The molecule has 2 fully saturated rings. The minimum Gasteiger partial charge on any atom is -0.494 e. The van der Waals surface area contributed by atoms with Crippen molar-refractivity contribution in [3.63, 3.8) is 0 Å². The number of aromatic hydroxyl groups is 1. The van der Waals surface area contributed by atoms with E-state index in [9.17, 15) is 23.1 Å². The van der Waals surface area contributed by atoms with E-state index >= 15 is 0 Å². The average molecular weight is 617 g/mol. The minimum atomic E-state index is -4.53. The second-order valence-corrected chi connectivity index (χ2v) is 12.9. The lowest BCUT2D eigenvalue weighted by Crippen LogP contribution is -2.26. The van der Waals surface area contributed by atoms with Crippen LogP contribution in [0.5, 0.6) is 17.4 Å². The highest BCUT2D eigenvalue weighted by Gasteiger charge is 2.34. The summed E-state index contributed by atoms with van der Waals surface area (Å²) < 4.78 is 40.3. The third-order valence-corrected chi connectivity index (χ3v) is 9.91. The number of para-hydroxylation sites is 1. The lowest BCUT2D eigenvalue weighted by molar-refractivity contribution is -0.117. The Morgan fingerprint density at radius 2 is 1.61 bits per heavy atom. The third kappa shape index (κ3) is 5.41. The number of carbonyl (C=O) groups excluding carboxylic acids is 1. The molecule has 0 atom stereocenters. The van der Waals surface area contributed by atoms with Crippen molar-refractivity contribution >= 4 is 21.6 Å². The fourth-order valence-corrected chi connectivity index (χ4v) is 7.01. The zero-order valence-electron chi connectivity index (χ0n) is 24.3. The second kappa shape index (κ2) is 11.8. The Morgan fingerprint density at radius 3 is 2.23 bits per heavy atom. The number of hydrogen-bond acceptors (Lipinski definition) is 9. The molecule has 6 rings (SSSR count). The number of hydrogen-bond donors (Lipinski definition) is 2. The highest BCUT2D eigenvalue weighted by Crippen LogP contribution is 2.42. The van der Waals surface area contributed by atoms with Gasteiger partial charge in [-0.1, -0.05) is 31.0 Å². The Balaban J connectivity index is 1.43. The third-order valence-electron chi connectivity index (χ3n) is 8.13. The highest BCUT2D eigenvalue weighted by molar-refractivity contribution is 7.91. The van der Waals surface area contributed by atoms with Gasteiger partial charge in [0.25, 0.3) is 5.56 Å². The van der Waals surface area contributed by atoms with E-state index in [2.05, 4.69) is 15.3 Å². The van der Waals surface area contributed by atoms with Crippen molar-refractivity contribution in [2.24, 2.45) is 5.92 Å². The fraction of sp³-hybridized carbons (Fsp3) is 0.312. The number of benzene rings is 2. The van der Waals surface area contributed by atoms with E-state index in [4.69, 9.17) is 9.47 Å². The monoisotopic (exact) mass is 616 g/mol. The molecular formula is C32H32N4O7S. The van der Waals surface area contributed by atoms with E-state index in [0.717, 1.165) is 38.5 Å². The van der Waals surface area contributed by atoms with Crippen LogP contribution in [-0.2, 0) is 14.6 Å². The smallest absolute Gasteiger partial charge is 0.296 e. The van der Waals surface area contributed by atoms with Crippen molar-refractivity contribution in [1.82, 2.24) is 14.5 Å². The van der Waals surface area contributed by atoms with Crippen LogP contribution >= 0.6 is 0 Å². The summed E-state index contributed by atoms with van der Waals surface area (Å²) in [5.41, 5.74) is 0.594. The van der Waals surface area contributed by atoms with Gasteiger partial charge >= 0.3 is 0 Å². The molecule has 0 unspecified atom stereocenters. The molecule has 1 amide bonds. The van der Waals surface area contributed by atoms with Crippen molar-refractivity contribution in [3.05, 3.63) is 77.0 Å². The van der Waals surface area contributed by atoms with Gasteiger partial charge in [0.15, 0.2) is 4.90 Å². The lowest BCUT2D eigenvalue weighted by Gasteiger charge is -2.23. The van der Waals surface area contributed by atoms with Crippen LogP contribution in [0.25, 0.3) is 16.8 Å². The highest BCUT2D eigenvalue weighted by atomic mass is 32.2. The van der Waals surface area contributed by atoms with Gasteiger partial charge in [0.05, 0.1) is 19.1 Å². The van der Waals surface area contributed by atoms with Crippen LogP contribution < -0.4 is 20.3 Å². The first-order valence-corrected chi connectivity index (χ1v) is 15.9. The van der Waals surface area contributed by atoms with E-state index in [1.807, 2.05) is 0 Å². The van der Waals surface area contributed by atoms with Crippen molar-refractivity contribution < 1.29 is 27.8 Å². The zero-order valence-corrected chi connectivity index (χ0v) is 25.1. The summed E-state index contributed by atoms with van der Waals surface area (Å²) in [6.45, 7) is 0. The van der Waals surface area contributed by atoms with Crippen LogP contribution in [0.2, 0.25) is 0 Å². The van der Waals surface area contributed by atoms with Gasteiger partial charge in [-0.25, -0.2) is 13.4 Å². The maximum atomic E-state index is 14.0. The van der Waals surface area contributed by atoms with E-state index in [1.54, 1.807) is 48.7 Å². The number of sulfone groups is 1. The Labute approximate surface area is 254 Å². The number of aromatic nitrogens is 3. The lowest BCUT2D eigenvalue weighted by atomic mass is 10.1. The Morgan fingerprint density at radius 1 is 0.955 bits per heavy atom. The summed E-state index contributed by atoms with van der Waals surface area (Å²) in [4.78, 5) is 33.0. The number of rotatable bonds is 9. The molecule has 0 saturated heterocycles. The molecular weight excluding hydrogens is 584 g/mol. The zero-order chi connectivity index (χ0) is 31.0. The van der Waals surface area contributed by atoms with Crippen LogP contribution in [-0.4, -0.2) is 48.2 Å². The number of pyridine rings is 1. The van der Waals surface area contributed by atoms with Crippen LogP contribution in [0.3, 0.4) is 0 Å². The molecule has 4 aromatic rings. The second-order valence-electron chi connectivity index (χ2n) is 11.0. The molecule has 2 heterocycles. The van der Waals surface area contributed by atoms with Crippen LogP contribution in [0.1, 0.15) is 50.3 Å². The Hall–Kier alpha value is -4.71. The first-order chi connectivity index (χ1) is 21.2. The van der Waals surface area contributed by atoms with Gasteiger partial charge in [0, 0.05) is 18.0 Å². The molecule has 2 aliphatic carbocycles. The first-order valence-electron chi connectivity index (χ1n) is 14.4. The van der Waals surface area contributed by atoms with Crippen molar-refractivity contribution in [2.45, 2.75) is 54.2 Å². The SMILES string of the molecule is COc1cccc(OC)c1-n1c(C2CCCC2)nc(=O)c(S(=O)(=O)c2ccc(-c3ccnc(NC(=O)C4CC4)c3)cc2)c1O. The van der Waals surface area contributed by atoms with Crippen molar-refractivity contribution in [3.8, 4) is 34.2 Å². The minimum absolute atomic E-state index is 0.0248. The normalized spacial score (nSPS) is 15.2. The van der Waals surface area contributed by atoms with Gasteiger partial charge in [0.1, 0.15) is 28.8 Å². The largest absolute Gasteiger partial charge is 0.494 e. The van der Waals surface area contributed by atoms with Crippen LogP contribution in [0.4, 0.5) is 5.82 Å². The topological polar surface area (TPSA) is 150 Å². The van der Waals surface area contributed by atoms with Crippen molar-refractivity contribution in [2.75, 3.05) is 19.5 Å². The number of nitrogens with one attached hydrogen (secondary N) is 1. The molecule has 2 N–H and O–H groups in total. The number of methoxy groups -OCH3 is 2. The number of ether oxygens (including phenoxy) is 2. The molecule has 11 nitrogen and oxygen atoms in total. The van der Waals surface area contributed by atoms with Gasteiger partial charge in [0.2, 0.25) is 21.6 Å². The summed E-state index contributed by atoms with van der Waals surface area (Å²) in [6, 6.07) is 14.4. The first kappa shape index (κ1) is 29.4. The summed E-state index contributed by atoms with van der Waals surface area (Å²) in [5, 5.41) is 14.5. The van der Waals surface area contributed by atoms with Crippen LogP contribution in [0, 0.1) is 5.92 Å². The molecule has 12 heteroatoms. The fourth-order valence-electron chi connectivity index (χ4n) is 5.67. The number of anilines is 1. The molecule has 2 aromatic heterocycles. The van der Waals surface area contributed by atoms with Gasteiger partial charge in [-0.05, 0) is 73.2 Å². The van der Waals surface area contributed by atoms with E-state index in [1.165, 1.54) is 30.9 Å². The quantitative estimate of drug-likeness (QED) is 0.269. The predicted octanol–water partition coefficient (Wildman–Crippen LogP) is 4.86. The molecule has 0 radical (unpaired) electrons. The van der Waals surface area contributed by atoms with Gasteiger partial charge in [-0.2, -0.15) is 4.98 Å². The molecule has 2 aliphatic rings. The van der Waals surface area contributed by atoms with E-state index in [0.29, 0.717) is 28.4 Å². The van der Waals surface area contributed by atoms with Gasteiger partial charge in [-0.3, -0.25) is 14.2 Å². The molecule has 44 heavy (non-hydrogen) atoms. The Bertz CT molecular complexity index is 1870. The number of carbonyl (C=O) groups is 1. The molecule has 0 bridgehead atoms. The van der Waals surface area contributed by atoms with Gasteiger partial charge < -0.3 is 19.9 Å². The summed E-state index contributed by atoms with van der Waals surface area (Å²) in [6.07, 6.45) is 6.61. The number of amides is 1. The maximum Gasteiger partial charge on any atom is 0.296 e. The molecule has 2 saturated carbocycles. The standard InChI is InChI=1S/C32H32N4O7S/c1-42-24-8-5-9-25(43-2)27(24)36-29(20-6-3-4-7-20)35-31(38)28(32(36)39)44(40,41)23-14-12-19(13-15-23)22-16-17-33-26(18-22)34-30(37)21-10-11-21/h5,8-9,12-18,20-21,39H,3-4,6-7,10-11H2,1-2H3,(H,33,34,37).